The molecule has 0 amide bonds. The van der Waals surface area contributed by atoms with Crippen molar-refractivity contribution in [3.63, 3.8) is 0 Å². The summed E-state index contributed by atoms with van der Waals surface area (Å²) in [4.78, 5) is 27.7. The number of hydrogen-bond donors (Lipinski definition) is 0. The smallest absolute Gasteiger partial charge is 0.199 e. The summed E-state index contributed by atoms with van der Waals surface area (Å²) in [6.07, 6.45) is 18.7. The standard InChI is InChI=1S/C10H18N2S.C8H12N2.C7H11NO.C7H11NS.C5H5N.9C5H12.C4H4N2.C4H4S/c1-9(2,3)7-11-12-8(13-7)10(4,5)6;1-8(2,3)7-9-5-4-6-10-7;2*1-7(2,3)6-8-4-5-9-6;1-2-4-6-5-3-1;9*1-5(2,3)4;1-2-6-4-3-5-1;1-2-4-5-3-1/h1-6H3;4-6H,1-3H3;2*4-5H,1-3H3;1-5H;9*1-4H3;1-4H;1-4H. The molecule has 7 rings (SSSR count). The number of pyridine rings is 1. The Labute approximate surface area is 655 Å². The summed E-state index contributed by atoms with van der Waals surface area (Å²) < 4.78 is 5.09. The van der Waals surface area contributed by atoms with Crippen molar-refractivity contribution in [1.29, 1.82) is 0 Å². The van der Waals surface area contributed by atoms with Crippen LogP contribution in [0.5, 0.6) is 0 Å². The van der Waals surface area contributed by atoms with E-state index < -0.39 is 0 Å². The van der Waals surface area contributed by atoms with Gasteiger partial charge in [-0.25, -0.2) is 19.9 Å². The highest BCUT2D eigenvalue weighted by molar-refractivity contribution is 7.11. The van der Waals surface area contributed by atoms with Crippen molar-refractivity contribution in [1.82, 2.24) is 45.1 Å². The number of hydrogen-bond acceptors (Lipinski definition) is 13. The van der Waals surface area contributed by atoms with Gasteiger partial charge in [-0.2, -0.15) is 11.3 Å². The number of rotatable bonds is 0. The van der Waals surface area contributed by atoms with E-state index in [9.17, 15) is 0 Å². The van der Waals surface area contributed by atoms with E-state index in [0.29, 0.717) is 48.7 Å². The van der Waals surface area contributed by atoms with Crippen LogP contribution in [0.15, 0.2) is 125 Å². The van der Waals surface area contributed by atoms with Gasteiger partial charge in [0.15, 0.2) is 5.89 Å². The van der Waals surface area contributed by atoms with Gasteiger partial charge in [-0.15, -0.1) is 32.9 Å². The molecular formula is C90H173N9OS3. The Kier molecular flexibility index (Phi) is 63.3. The highest BCUT2D eigenvalue weighted by Gasteiger charge is 2.25. The third kappa shape index (κ3) is 165. The van der Waals surface area contributed by atoms with Crippen LogP contribution in [0.3, 0.4) is 0 Å². The van der Waals surface area contributed by atoms with E-state index in [2.05, 4.69) is 398 Å². The van der Waals surface area contributed by atoms with Gasteiger partial charge in [0.2, 0.25) is 0 Å². The Morgan fingerprint density at radius 2 is 0.505 bits per heavy atom. The Hall–Kier alpha value is -4.59. The van der Waals surface area contributed by atoms with Crippen molar-refractivity contribution in [2.45, 2.75) is 380 Å². The van der Waals surface area contributed by atoms with Gasteiger partial charge in [0, 0.05) is 88.2 Å². The largest absolute Gasteiger partial charge is 0.448 e. The maximum absolute atomic E-state index is 5.09. The molecule has 7 aromatic rings. The van der Waals surface area contributed by atoms with Gasteiger partial charge in [-0.3, -0.25) is 15.0 Å². The molecule has 13 heteroatoms. The van der Waals surface area contributed by atoms with Gasteiger partial charge < -0.3 is 4.42 Å². The number of thiophene rings is 1. The van der Waals surface area contributed by atoms with Gasteiger partial charge in [-0.1, -0.05) is 371 Å². The molecule has 0 spiro atoms. The molecule has 0 unspecified atom stereocenters. The van der Waals surface area contributed by atoms with E-state index in [-0.39, 0.29) is 27.1 Å². The monoisotopic (exact) mass is 1490 g/mol. The number of aromatic nitrogens is 9. The van der Waals surface area contributed by atoms with E-state index in [0.717, 1.165) is 21.7 Å². The number of oxazole rings is 1. The predicted octanol–water partition coefficient (Wildman–Crippen LogP) is 31.1. The van der Waals surface area contributed by atoms with Crippen molar-refractivity contribution in [3.8, 4) is 0 Å². The lowest BCUT2D eigenvalue weighted by atomic mass is 9.96. The highest BCUT2D eigenvalue weighted by atomic mass is 32.1. The van der Waals surface area contributed by atoms with E-state index in [1.54, 1.807) is 96.0 Å². The van der Waals surface area contributed by atoms with Crippen LogP contribution in [-0.4, -0.2) is 45.1 Å². The molecular weight excluding hydrogens is 1320 g/mol. The summed E-state index contributed by atoms with van der Waals surface area (Å²) in [6, 6.07) is 11.6. The molecule has 0 atom stereocenters. The summed E-state index contributed by atoms with van der Waals surface area (Å²) in [5.41, 5.74) is 5.10. The first-order chi connectivity index (χ1) is 45.0. The maximum atomic E-state index is 5.09. The summed E-state index contributed by atoms with van der Waals surface area (Å²) >= 11 is 5.16. The molecule has 0 bridgehead atoms. The van der Waals surface area contributed by atoms with E-state index in [1.165, 1.54) is 5.01 Å². The van der Waals surface area contributed by atoms with Crippen LogP contribution < -0.4 is 0 Å². The van der Waals surface area contributed by atoms with Crippen LogP contribution in [0.2, 0.25) is 0 Å². The normalized spacial score (nSPS) is 11.4. The summed E-state index contributed by atoms with van der Waals surface area (Å²) in [6.45, 7) is 111. The lowest BCUT2D eigenvalue weighted by molar-refractivity contribution is 0.392. The topological polar surface area (TPSA) is 129 Å². The minimum atomic E-state index is 0.0451. The third-order valence-electron chi connectivity index (χ3n) is 6.56. The van der Waals surface area contributed by atoms with Crippen molar-refractivity contribution in [2.24, 2.45) is 48.7 Å². The minimum Gasteiger partial charge on any atom is -0.448 e. The zero-order valence-corrected chi connectivity index (χ0v) is 80.2. The molecule has 0 saturated carbocycles. The van der Waals surface area contributed by atoms with Gasteiger partial charge in [-0.05, 0) is 77.7 Å². The summed E-state index contributed by atoms with van der Waals surface area (Å²) in [5, 5.41) is 18.0. The molecule has 7 aromatic heterocycles. The van der Waals surface area contributed by atoms with Crippen molar-refractivity contribution in [2.75, 3.05) is 0 Å². The second-order valence-corrected chi connectivity index (χ2v) is 47.3. The first kappa shape index (κ1) is 117. The lowest BCUT2D eigenvalue weighted by Crippen LogP contribution is -2.14. The predicted molar refractivity (Wildman–Crippen MR) is 471 cm³/mol. The fourth-order valence-electron chi connectivity index (χ4n) is 3.50. The summed E-state index contributed by atoms with van der Waals surface area (Å²) in [7, 11) is 0. The second kappa shape index (κ2) is 55.8. The SMILES string of the molecule is CC(C)(C)C.CC(C)(C)C.CC(C)(C)C.CC(C)(C)C.CC(C)(C)C.CC(C)(C)C.CC(C)(C)C.CC(C)(C)C.CC(C)(C)C.CC(C)(C)c1ncccn1.CC(C)(C)c1ncco1.CC(C)(C)c1nccs1.CC(C)(C)c1nnc(C(C)(C)C)s1.c1ccncc1.c1ccsc1.c1cnccn1. The fourth-order valence-corrected chi connectivity index (χ4v) is 5.63. The van der Waals surface area contributed by atoms with Gasteiger partial charge >= 0.3 is 0 Å². The Balaban J connectivity index is -0.000000132. The highest BCUT2D eigenvalue weighted by Crippen LogP contribution is 2.31. The number of thiazole rings is 1. The molecule has 0 radical (unpaired) electrons. The Morgan fingerprint density at radius 3 is 0.621 bits per heavy atom. The van der Waals surface area contributed by atoms with Crippen LogP contribution in [0.25, 0.3) is 0 Å². The lowest BCUT2D eigenvalue weighted by Gasteiger charge is -2.14. The van der Waals surface area contributed by atoms with E-state index in [1.807, 2.05) is 58.7 Å². The molecule has 602 valence electrons. The van der Waals surface area contributed by atoms with Crippen LogP contribution in [0, 0.1) is 48.7 Å². The molecule has 0 saturated heterocycles. The quantitative estimate of drug-likeness (QED) is 0.145. The fraction of sp³-hybridized carbons (Fsp3) is 0.722. The molecule has 103 heavy (non-hydrogen) atoms. The van der Waals surface area contributed by atoms with Gasteiger partial charge in [0.25, 0.3) is 0 Å². The van der Waals surface area contributed by atoms with Crippen LogP contribution in [-0.2, 0) is 27.1 Å². The molecule has 0 aliphatic carbocycles. The van der Waals surface area contributed by atoms with Gasteiger partial charge in [0.1, 0.15) is 22.1 Å². The van der Waals surface area contributed by atoms with Crippen molar-refractivity contribution < 1.29 is 4.42 Å². The Bertz CT molecular complexity index is 2400. The first-order valence-corrected chi connectivity index (χ1v) is 39.6. The Morgan fingerprint density at radius 1 is 0.233 bits per heavy atom. The molecule has 0 aromatic carbocycles. The molecule has 10 nitrogen and oxygen atoms in total. The van der Waals surface area contributed by atoms with E-state index >= 15 is 0 Å². The second-order valence-electron chi connectivity index (χ2n) is 44.6. The van der Waals surface area contributed by atoms with Crippen LogP contribution >= 0.6 is 34.0 Å². The average molecular weight is 1490 g/mol. The third-order valence-corrected chi connectivity index (χ3v) is 10.2. The van der Waals surface area contributed by atoms with Crippen molar-refractivity contribution in [3.05, 3.63) is 148 Å². The molecule has 0 aliphatic heterocycles. The van der Waals surface area contributed by atoms with Gasteiger partial charge in [0.05, 0.1) is 11.2 Å². The zero-order valence-electron chi connectivity index (χ0n) is 77.7. The van der Waals surface area contributed by atoms with E-state index in [4.69, 9.17) is 4.42 Å². The average Bonchev–Trinajstić information content (AvgIpc) is 1.70. The summed E-state index contributed by atoms with van der Waals surface area (Å²) in [5.74, 6) is 1.69. The molecule has 7 heterocycles. The molecule has 0 fully saturated rings. The minimum absolute atomic E-state index is 0.0451. The molecule has 0 aliphatic rings. The number of nitrogens with zero attached hydrogens (tertiary/aromatic N) is 9. The first-order valence-electron chi connectivity index (χ1n) is 37.0. The van der Waals surface area contributed by atoms with Crippen LogP contribution in [0.1, 0.15) is 380 Å². The zero-order chi connectivity index (χ0) is 84.2. The van der Waals surface area contributed by atoms with Crippen molar-refractivity contribution >= 4 is 34.0 Å². The maximum Gasteiger partial charge on any atom is 0.199 e. The van der Waals surface area contributed by atoms with Crippen LogP contribution in [0.4, 0.5) is 0 Å². The molecule has 0 N–H and O–H groups in total.